The molecule has 13 aromatic rings. The Morgan fingerprint density at radius 1 is 0.364 bits per heavy atom. The number of nitrogens with zero attached hydrogens (tertiary/aromatic N) is 3. The third-order valence-electron chi connectivity index (χ3n) is 13.8. The Balaban J connectivity index is 1.02. The molecule has 66 heavy (non-hydrogen) atoms. The number of para-hydroxylation sites is 2. The maximum Gasteiger partial charge on any atom is 0.328 e. The van der Waals surface area contributed by atoms with Crippen LogP contribution in [0.25, 0.3) is 98.1 Å². The van der Waals surface area contributed by atoms with Gasteiger partial charge in [-0.25, -0.2) is 4.99 Å². The van der Waals surface area contributed by atoms with Crippen molar-refractivity contribution in [1.29, 1.82) is 0 Å². The Morgan fingerprint density at radius 2 is 0.939 bits per heavy atom. The largest absolute Gasteiger partial charge is 0.328 e. The number of benzene rings is 11. The van der Waals surface area contributed by atoms with Gasteiger partial charge in [-0.05, 0) is 109 Å². The zero-order valence-corrected chi connectivity index (χ0v) is 35.8. The Kier molecular flexibility index (Phi) is 7.98. The third kappa shape index (κ3) is 5.60. The summed E-state index contributed by atoms with van der Waals surface area (Å²) in [5.41, 5.74) is 10.1. The summed E-state index contributed by atoms with van der Waals surface area (Å²) in [7, 11) is 0. The van der Waals surface area contributed by atoms with Crippen molar-refractivity contribution >= 4 is 98.4 Å². The molecule has 0 amide bonds. The third-order valence-corrected chi connectivity index (χ3v) is 13.8. The normalized spacial score (nSPS) is 14.2. The van der Waals surface area contributed by atoms with E-state index in [1.54, 1.807) is 0 Å². The van der Waals surface area contributed by atoms with Gasteiger partial charge in [0.1, 0.15) is 0 Å². The van der Waals surface area contributed by atoms with Crippen LogP contribution in [-0.4, -0.2) is 20.8 Å². The van der Waals surface area contributed by atoms with Gasteiger partial charge in [0.05, 0.1) is 33.3 Å². The maximum absolute atomic E-state index is 5.34. The van der Waals surface area contributed by atoms with Crippen molar-refractivity contribution in [2.24, 2.45) is 4.99 Å². The highest BCUT2D eigenvalue weighted by Crippen LogP contribution is 2.41. The summed E-state index contributed by atoms with van der Waals surface area (Å²) >= 11 is 0. The van der Waals surface area contributed by atoms with E-state index in [-0.39, 0.29) is 6.17 Å². The van der Waals surface area contributed by atoms with Crippen LogP contribution in [0, 0.1) is 0 Å². The molecule has 0 fully saturated rings. The minimum Gasteiger partial charge on any atom is -0.309 e. The van der Waals surface area contributed by atoms with Crippen LogP contribution in [0.15, 0.2) is 229 Å². The van der Waals surface area contributed by atoms with Crippen LogP contribution < -0.4 is 10.3 Å². The second-order valence-corrected chi connectivity index (χ2v) is 17.5. The second-order valence-electron chi connectivity index (χ2n) is 17.5. The van der Waals surface area contributed by atoms with Crippen LogP contribution in [0.1, 0.15) is 22.9 Å². The van der Waals surface area contributed by atoms with E-state index in [4.69, 9.17) is 4.99 Å². The second kappa shape index (κ2) is 14.4. The number of amidine groups is 2. The van der Waals surface area contributed by atoms with E-state index in [0.717, 1.165) is 50.8 Å². The fraction of sp³-hybridized carbons (Fsp3) is 0.0164. The average molecular weight is 843 g/mol. The Labute approximate surface area is 379 Å². The van der Waals surface area contributed by atoms with Gasteiger partial charge in [-0.2, -0.15) is 0 Å². The predicted octanol–water partition coefficient (Wildman–Crippen LogP) is 13.1. The number of nitrogens with one attached hydrogen (secondary N) is 2. The quantitative estimate of drug-likeness (QED) is 0.167. The summed E-state index contributed by atoms with van der Waals surface area (Å²) in [6.45, 7) is 0. The predicted molar refractivity (Wildman–Crippen MR) is 276 cm³/mol. The summed E-state index contributed by atoms with van der Waals surface area (Å²) in [5, 5.41) is 18.5. The first-order valence-corrected chi connectivity index (χ1v) is 22.7. The Bertz CT molecular complexity index is 4160. The molecule has 3 heterocycles. The van der Waals surface area contributed by atoms with Crippen molar-refractivity contribution in [3.63, 3.8) is 0 Å². The first kappa shape index (κ1) is 36.7. The van der Waals surface area contributed by atoms with Crippen LogP contribution in [0.5, 0.6) is 0 Å². The lowest BCUT2D eigenvalue weighted by Gasteiger charge is -2.23. The van der Waals surface area contributed by atoms with Gasteiger partial charge in [-0.15, -0.1) is 0 Å². The number of rotatable bonds is 5. The molecule has 0 saturated carbocycles. The first-order chi connectivity index (χ1) is 32.7. The van der Waals surface area contributed by atoms with E-state index < -0.39 is 0 Å². The molecule has 0 saturated heterocycles. The number of hydrogen-bond donors (Lipinski definition) is 2. The van der Waals surface area contributed by atoms with Crippen LogP contribution >= 0.6 is 0 Å². The maximum atomic E-state index is 5.34. The monoisotopic (exact) mass is 842 g/mol. The smallest absolute Gasteiger partial charge is 0.309 e. The standard InChI is InChI=1S/C61H39N5/c1-2-16-40(17-3-1)59-62-60(44-29-31-47-43(34-44)27-26-38-14-6-8-20-46(38)47)64-61(63-59)51-32-28-39-15-7-9-21-48(39)58(51)66-56-33-30-45(37-53(56)52-35-41-18-4-5-19-42(41)36-57(52)66)65-54-24-12-10-22-49(54)50-23-11-13-25-55(50)65/h1-37,61H,(H,62,63,64)/p+1. The minimum absolute atomic E-state index is 0.343. The van der Waals surface area contributed by atoms with E-state index in [1.807, 2.05) is 0 Å². The van der Waals surface area contributed by atoms with Crippen LogP contribution in [0.3, 0.4) is 0 Å². The number of aromatic nitrogens is 2. The van der Waals surface area contributed by atoms with Gasteiger partial charge in [0, 0.05) is 43.7 Å². The average Bonchev–Trinajstić information content (AvgIpc) is 3.89. The summed E-state index contributed by atoms with van der Waals surface area (Å²) in [6.07, 6.45) is -0.343. The van der Waals surface area contributed by atoms with E-state index in [2.05, 4.69) is 244 Å². The van der Waals surface area contributed by atoms with Gasteiger partial charge in [0.15, 0.2) is 6.17 Å². The van der Waals surface area contributed by atoms with Crippen LogP contribution in [-0.2, 0) is 0 Å². The summed E-state index contributed by atoms with van der Waals surface area (Å²) in [4.78, 5) is 9.24. The molecule has 0 radical (unpaired) electrons. The van der Waals surface area contributed by atoms with Gasteiger partial charge in [-0.3, -0.25) is 0 Å². The molecule has 2 N–H and O–H groups in total. The van der Waals surface area contributed by atoms with E-state index in [1.165, 1.54) is 75.7 Å². The van der Waals surface area contributed by atoms with Crippen molar-refractivity contribution in [1.82, 2.24) is 14.5 Å². The molecular weight excluding hydrogens is 803 g/mol. The number of fused-ring (bicyclic) bond motifs is 11. The van der Waals surface area contributed by atoms with Crippen molar-refractivity contribution in [2.75, 3.05) is 0 Å². The summed E-state index contributed by atoms with van der Waals surface area (Å²) in [6, 6.07) is 81.6. The number of aliphatic imine (C=N–C) groups is 1. The van der Waals surface area contributed by atoms with E-state index in [9.17, 15) is 0 Å². The van der Waals surface area contributed by atoms with Crippen molar-refractivity contribution in [3.8, 4) is 11.4 Å². The first-order valence-electron chi connectivity index (χ1n) is 22.7. The van der Waals surface area contributed by atoms with Crippen molar-refractivity contribution < 1.29 is 4.99 Å². The highest BCUT2D eigenvalue weighted by atomic mass is 15.2. The highest BCUT2D eigenvalue weighted by molar-refractivity contribution is 6.17. The molecule has 0 aliphatic carbocycles. The lowest BCUT2D eigenvalue weighted by atomic mass is 9.98. The fourth-order valence-corrected chi connectivity index (χ4v) is 10.7. The molecule has 2 aromatic heterocycles. The summed E-state index contributed by atoms with van der Waals surface area (Å²) in [5.74, 6) is 1.63. The van der Waals surface area contributed by atoms with Gasteiger partial charge in [0.25, 0.3) is 5.84 Å². The summed E-state index contributed by atoms with van der Waals surface area (Å²) < 4.78 is 4.94. The molecule has 1 atom stereocenters. The molecule has 0 bridgehead atoms. The molecule has 5 heteroatoms. The zero-order chi connectivity index (χ0) is 43.3. The van der Waals surface area contributed by atoms with E-state index in [0.29, 0.717) is 0 Å². The topological polar surface area (TPSA) is 48.2 Å². The van der Waals surface area contributed by atoms with Crippen molar-refractivity contribution in [2.45, 2.75) is 6.17 Å². The molecule has 308 valence electrons. The SMILES string of the molecule is c1ccc(C2=[NH+]C(c3ccc4ccccc4c3-n3c4ccc(-n5c6ccccc6c6ccccc65)cc4c4cc5ccccc5cc43)NC(c3ccc4c(ccc5ccccc54)c3)=N2)cc1. The lowest BCUT2D eigenvalue weighted by Crippen LogP contribution is -2.80. The highest BCUT2D eigenvalue weighted by Gasteiger charge is 2.31. The van der Waals surface area contributed by atoms with Crippen LogP contribution in [0.4, 0.5) is 0 Å². The van der Waals surface area contributed by atoms with Gasteiger partial charge < -0.3 is 14.5 Å². The van der Waals surface area contributed by atoms with Crippen LogP contribution in [0.2, 0.25) is 0 Å². The van der Waals surface area contributed by atoms with Gasteiger partial charge >= 0.3 is 5.84 Å². The molecule has 0 spiro atoms. The van der Waals surface area contributed by atoms with Gasteiger partial charge in [-0.1, -0.05) is 158 Å². The zero-order valence-electron chi connectivity index (χ0n) is 35.8. The molecule has 1 aliphatic rings. The molecule has 1 unspecified atom stereocenters. The molecule has 11 aromatic carbocycles. The molecule has 14 rings (SSSR count). The fourth-order valence-electron chi connectivity index (χ4n) is 10.7. The number of hydrogen-bond acceptors (Lipinski definition) is 2. The molecule has 1 aliphatic heterocycles. The lowest BCUT2D eigenvalue weighted by molar-refractivity contribution is -0.516. The van der Waals surface area contributed by atoms with Crippen molar-refractivity contribution in [3.05, 3.63) is 241 Å². The molecule has 5 nitrogen and oxygen atoms in total. The Morgan fingerprint density at radius 3 is 1.71 bits per heavy atom. The van der Waals surface area contributed by atoms with Gasteiger partial charge in [0.2, 0.25) is 0 Å². The minimum atomic E-state index is -0.343. The Hall–Kier alpha value is -8.80. The molecular formula is C61H40N5+. The van der Waals surface area contributed by atoms with E-state index >= 15 is 0 Å².